The van der Waals surface area contributed by atoms with Gasteiger partial charge in [0.2, 0.25) is 0 Å². The first kappa shape index (κ1) is 14.3. The lowest BCUT2D eigenvalue weighted by atomic mass is 9.85. The van der Waals surface area contributed by atoms with Crippen molar-refractivity contribution in [3.63, 3.8) is 0 Å². The van der Waals surface area contributed by atoms with Crippen molar-refractivity contribution in [2.75, 3.05) is 33.3 Å². The smallest absolute Gasteiger partial charge is 0.0615 e. The van der Waals surface area contributed by atoms with Gasteiger partial charge in [-0.1, -0.05) is 19.8 Å². The summed E-state index contributed by atoms with van der Waals surface area (Å²) in [6.45, 7) is 6.42. The summed E-state index contributed by atoms with van der Waals surface area (Å²) in [6, 6.07) is 0. The van der Waals surface area contributed by atoms with E-state index in [0.717, 1.165) is 12.3 Å². The molecule has 0 bridgehead atoms. The summed E-state index contributed by atoms with van der Waals surface area (Å²) in [7, 11) is 2.01. The first-order chi connectivity index (χ1) is 8.74. The molecule has 1 heterocycles. The fourth-order valence-corrected chi connectivity index (χ4v) is 3.97. The van der Waals surface area contributed by atoms with Crippen molar-refractivity contribution in [1.82, 2.24) is 10.2 Å². The van der Waals surface area contributed by atoms with E-state index in [1.807, 2.05) is 7.05 Å². The minimum atomic E-state index is 0.0177. The molecule has 2 N–H and O–H groups in total. The molecule has 0 aromatic carbocycles. The lowest BCUT2D eigenvalue weighted by Crippen LogP contribution is -2.50. The monoisotopic (exact) mass is 254 g/mol. The van der Waals surface area contributed by atoms with Gasteiger partial charge in [-0.15, -0.1) is 0 Å². The maximum atomic E-state index is 9.68. The SMILES string of the molecule is CCC1CCN(CCC2CCCC2(CO)NC)C1. The molecule has 18 heavy (non-hydrogen) atoms. The lowest BCUT2D eigenvalue weighted by Gasteiger charge is -2.34. The van der Waals surface area contributed by atoms with Crippen LogP contribution in [0.4, 0.5) is 0 Å². The number of rotatable bonds is 6. The van der Waals surface area contributed by atoms with Crippen molar-refractivity contribution in [3.8, 4) is 0 Å². The molecule has 3 nitrogen and oxygen atoms in total. The Labute approximate surface area is 112 Å². The average Bonchev–Trinajstić information content (AvgIpc) is 3.03. The van der Waals surface area contributed by atoms with Crippen LogP contribution < -0.4 is 5.32 Å². The normalized spacial score (nSPS) is 37.5. The molecule has 2 fully saturated rings. The van der Waals surface area contributed by atoms with Crippen LogP contribution in [0.5, 0.6) is 0 Å². The van der Waals surface area contributed by atoms with Crippen molar-refractivity contribution in [3.05, 3.63) is 0 Å². The number of likely N-dealkylation sites (N-methyl/N-ethyl adjacent to an activating group) is 1. The minimum absolute atomic E-state index is 0.0177. The third-order valence-electron chi connectivity index (χ3n) is 5.48. The predicted molar refractivity (Wildman–Crippen MR) is 75.7 cm³/mol. The van der Waals surface area contributed by atoms with Gasteiger partial charge in [0.1, 0.15) is 0 Å². The highest BCUT2D eigenvalue weighted by Gasteiger charge is 2.40. The third kappa shape index (κ3) is 2.89. The fourth-order valence-electron chi connectivity index (χ4n) is 3.97. The Balaban J connectivity index is 1.79. The maximum absolute atomic E-state index is 9.68. The molecule has 3 unspecified atom stereocenters. The van der Waals surface area contributed by atoms with Crippen molar-refractivity contribution in [1.29, 1.82) is 0 Å². The van der Waals surface area contributed by atoms with Crippen LogP contribution in [0.25, 0.3) is 0 Å². The van der Waals surface area contributed by atoms with Gasteiger partial charge in [0.15, 0.2) is 0 Å². The van der Waals surface area contributed by atoms with Gasteiger partial charge in [0.05, 0.1) is 6.61 Å². The topological polar surface area (TPSA) is 35.5 Å². The zero-order valence-corrected chi connectivity index (χ0v) is 12.1. The number of nitrogens with one attached hydrogen (secondary N) is 1. The first-order valence-corrected chi connectivity index (χ1v) is 7.76. The van der Waals surface area contributed by atoms with Gasteiger partial charge in [0.25, 0.3) is 0 Å². The Bertz CT molecular complexity index is 253. The molecule has 1 saturated heterocycles. The molecule has 0 aromatic rings. The van der Waals surface area contributed by atoms with Crippen LogP contribution in [0.2, 0.25) is 0 Å². The molecule has 0 spiro atoms. The molecule has 0 radical (unpaired) electrons. The van der Waals surface area contributed by atoms with E-state index in [1.54, 1.807) is 0 Å². The Morgan fingerprint density at radius 2 is 2.22 bits per heavy atom. The van der Waals surface area contributed by atoms with Crippen molar-refractivity contribution >= 4 is 0 Å². The first-order valence-electron chi connectivity index (χ1n) is 7.76. The van der Waals surface area contributed by atoms with E-state index in [1.165, 1.54) is 51.7 Å². The number of hydrogen-bond acceptors (Lipinski definition) is 3. The zero-order valence-electron chi connectivity index (χ0n) is 12.1. The number of hydrogen-bond donors (Lipinski definition) is 2. The van der Waals surface area contributed by atoms with E-state index in [-0.39, 0.29) is 5.54 Å². The highest BCUT2D eigenvalue weighted by atomic mass is 16.3. The highest BCUT2D eigenvalue weighted by molar-refractivity contribution is 4.98. The largest absolute Gasteiger partial charge is 0.394 e. The Morgan fingerprint density at radius 3 is 2.83 bits per heavy atom. The molecular formula is C15H30N2O. The van der Waals surface area contributed by atoms with Crippen molar-refractivity contribution in [2.24, 2.45) is 11.8 Å². The Morgan fingerprint density at radius 1 is 1.39 bits per heavy atom. The standard InChI is InChI=1S/C15H30N2O/c1-3-13-6-9-17(11-13)10-7-14-5-4-8-15(14,12-18)16-2/h13-14,16,18H,3-12H2,1-2H3. The second-order valence-electron chi connectivity index (χ2n) is 6.31. The van der Waals surface area contributed by atoms with Gasteiger partial charge >= 0.3 is 0 Å². The molecule has 1 aliphatic carbocycles. The van der Waals surface area contributed by atoms with Crippen LogP contribution in [-0.4, -0.2) is 48.8 Å². The van der Waals surface area contributed by atoms with Crippen LogP contribution in [0.1, 0.15) is 45.4 Å². The molecule has 0 aromatic heterocycles. The van der Waals surface area contributed by atoms with Crippen LogP contribution in [0.15, 0.2) is 0 Å². The minimum Gasteiger partial charge on any atom is -0.394 e. The molecule has 1 saturated carbocycles. The van der Waals surface area contributed by atoms with Gasteiger partial charge in [-0.05, 0) is 57.7 Å². The molecule has 3 heteroatoms. The van der Waals surface area contributed by atoms with Crippen LogP contribution in [0, 0.1) is 11.8 Å². The predicted octanol–water partition coefficient (Wildman–Crippen LogP) is 1.86. The Hall–Kier alpha value is -0.120. The summed E-state index contributed by atoms with van der Waals surface area (Å²) in [5.41, 5.74) is 0.0177. The quantitative estimate of drug-likeness (QED) is 0.759. The number of likely N-dealkylation sites (tertiary alicyclic amines) is 1. The molecule has 1 aliphatic heterocycles. The molecular weight excluding hydrogens is 224 g/mol. The molecule has 2 aliphatic rings. The van der Waals surface area contributed by atoms with E-state index in [0.29, 0.717) is 12.5 Å². The van der Waals surface area contributed by atoms with Gasteiger partial charge in [0, 0.05) is 12.1 Å². The summed E-state index contributed by atoms with van der Waals surface area (Å²) >= 11 is 0. The summed E-state index contributed by atoms with van der Waals surface area (Å²) in [4.78, 5) is 2.63. The summed E-state index contributed by atoms with van der Waals surface area (Å²) in [6.07, 6.45) is 7.66. The molecule has 3 atom stereocenters. The fraction of sp³-hybridized carbons (Fsp3) is 1.00. The molecule has 106 valence electrons. The third-order valence-corrected chi connectivity index (χ3v) is 5.48. The second-order valence-corrected chi connectivity index (χ2v) is 6.31. The second kappa shape index (κ2) is 6.36. The van der Waals surface area contributed by atoms with Crippen LogP contribution in [-0.2, 0) is 0 Å². The number of aliphatic hydroxyl groups is 1. The van der Waals surface area contributed by atoms with Gasteiger partial charge in [-0.2, -0.15) is 0 Å². The summed E-state index contributed by atoms with van der Waals surface area (Å²) in [5.74, 6) is 1.59. The number of aliphatic hydroxyl groups excluding tert-OH is 1. The van der Waals surface area contributed by atoms with Gasteiger partial charge < -0.3 is 15.3 Å². The number of nitrogens with zero attached hydrogens (tertiary/aromatic N) is 1. The maximum Gasteiger partial charge on any atom is 0.0615 e. The van der Waals surface area contributed by atoms with Gasteiger partial charge in [-0.25, -0.2) is 0 Å². The van der Waals surface area contributed by atoms with E-state index in [2.05, 4.69) is 17.1 Å². The lowest BCUT2D eigenvalue weighted by molar-refractivity contribution is 0.120. The van der Waals surface area contributed by atoms with Gasteiger partial charge in [-0.3, -0.25) is 0 Å². The van der Waals surface area contributed by atoms with Crippen LogP contribution in [0.3, 0.4) is 0 Å². The van der Waals surface area contributed by atoms with E-state index >= 15 is 0 Å². The average molecular weight is 254 g/mol. The zero-order chi connectivity index (χ0) is 13.0. The van der Waals surface area contributed by atoms with E-state index < -0.39 is 0 Å². The van der Waals surface area contributed by atoms with E-state index in [9.17, 15) is 5.11 Å². The van der Waals surface area contributed by atoms with Crippen LogP contribution >= 0.6 is 0 Å². The molecule has 0 amide bonds. The van der Waals surface area contributed by atoms with Crippen molar-refractivity contribution in [2.45, 2.75) is 51.0 Å². The highest BCUT2D eigenvalue weighted by Crippen LogP contribution is 2.37. The Kier molecular flexibility index (Phi) is 5.05. The summed E-state index contributed by atoms with van der Waals surface area (Å²) < 4.78 is 0. The van der Waals surface area contributed by atoms with Crippen molar-refractivity contribution < 1.29 is 5.11 Å². The molecule has 2 rings (SSSR count). The van der Waals surface area contributed by atoms with E-state index in [4.69, 9.17) is 0 Å². The summed E-state index contributed by atoms with van der Waals surface area (Å²) in [5, 5.41) is 13.1.